The maximum atomic E-state index is 13.1. The number of hydrogen-bond donors (Lipinski definition) is 2. The third-order valence-electron chi connectivity index (χ3n) is 6.33. The van der Waals surface area contributed by atoms with Crippen molar-refractivity contribution in [3.05, 3.63) is 96.1 Å². The van der Waals surface area contributed by atoms with Crippen molar-refractivity contribution >= 4 is 28.1 Å². The highest BCUT2D eigenvalue weighted by molar-refractivity contribution is 7.89. The summed E-state index contributed by atoms with van der Waals surface area (Å²) in [5.41, 5.74) is 2.53. The summed E-state index contributed by atoms with van der Waals surface area (Å²) in [5, 5.41) is 7.91. The molecular formula is C28H35N5O4S. The predicted molar refractivity (Wildman–Crippen MR) is 150 cm³/mol. The zero-order chi connectivity index (χ0) is 27.5. The highest BCUT2D eigenvalue weighted by Crippen LogP contribution is 2.32. The third kappa shape index (κ3) is 8.47. The molecular weight excluding hydrogens is 502 g/mol. The Morgan fingerprint density at radius 3 is 2.26 bits per heavy atom. The molecule has 1 saturated heterocycles. The lowest BCUT2D eigenvalue weighted by Gasteiger charge is -2.45. The van der Waals surface area contributed by atoms with Crippen LogP contribution in [0.3, 0.4) is 0 Å². The van der Waals surface area contributed by atoms with Gasteiger partial charge in [-0.25, -0.2) is 13.6 Å². The molecule has 1 atom stereocenters. The first-order chi connectivity index (χ1) is 18.2. The smallest absolute Gasteiger partial charge is 0.253 e. The Balaban J connectivity index is 1.87. The second-order valence-electron chi connectivity index (χ2n) is 9.08. The Bertz CT molecular complexity index is 1220. The molecule has 3 rings (SSSR count). The Morgan fingerprint density at radius 2 is 1.71 bits per heavy atom. The predicted octanol–water partition coefficient (Wildman–Crippen LogP) is 1.90. The second-order valence-corrected chi connectivity index (χ2v) is 10.8. The van der Waals surface area contributed by atoms with E-state index in [-0.39, 0.29) is 31.0 Å². The number of nitrogens with two attached hydrogens (primary N) is 1. The first-order valence-corrected chi connectivity index (χ1v) is 14.1. The number of carbonyl (C=O) groups is 2. The zero-order valence-electron chi connectivity index (χ0n) is 21.6. The molecule has 0 spiro atoms. The number of piperazine rings is 1. The van der Waals surface area contributed by atoms with Crippen molar-refractivity contribution in [1.29, 1.82) is 0 Å². The summed E-state index contributed by atoms with van der Waals surface area (Å²) in [6, 6.07) is 19.8. The number of primary sulfonamides is 1. The maximum Gasteiger partial charge on any atom is 0.253 e. The number of sulfonamides is 1. The fourth-order valence-electron chi connectivity index (χ4n) is 4.50. The van der Waals surface area contributed by atoms with Gasteiger partial charge in [-0.1, -0.05) is 67.2 Å². The Kier molecular flexibility index (Phi) is 10.5. The molecule has 2 aromatic rings. The summed E-state index contributed by atoms with van der Waals surface area (Å²) in [5.74, 6) is -1.03. The van der Waals surface area contributed by atoms with Crippen LogP contribution in [0.2, 0.25) is 0 Å². The fourth-order valence-corrected chi connectivity index (χ4v) is 4.97. The summed E-state index contributed by atoms with van der Waals surface area (Å²) in [6.07, 6.45) is 4.65. The Hall–Kier alpha value is -3.60. The summed E-state index contributed by atoms with van der Waals surface area (Å²) in [6.45, 7) is 5.54. The maximum absolute atomic E-state index is 13.1. The fraction of sp³-hybridized carbons (Fsp3) is 0.321. The molecule has 1 unspecified atom stereocenters. The van der Waals surface area contributed by atoms with Crippen LogP contribution in [0.4, 0.5) is 0 Å². The molecule has 0 saturated carbocycles. The molecule has 2 aromatic carbocycles. The highest BCUT2D eigenvalue weighted by Gasteiger charge is 2.35. The minimum Gasteiger partial charge on any atom is -0.354 e. The number of carbonyl (C=O) groups excluding carboxylic acids is 2. The molecule has 0 aromatic heterocycles. The van der Waals surface area contributed by atoms with Crippen LogP contribution in [0, 0.1) is 0 Å². The van der Waals surface area contributed by atoms with Crippen LogP contribution in [-0.4, -0.2) is 81.3 Å². The van der Waals surface area contributed by atoms with Crippen molar-refractivity contribution in [1.82, 2.24) is 15.1 Å². The van der Waals surface area contributed by atoms with E-state index in [0.717, 1.165) is 11.1 Å². The van der Waals surface area contributed by atoms with Crippen molar-refractivity contribution in [2.75, 3.05) is 39.0 Å². The average Bonchev–Trinajstić information content (AvgIpc) is 2.92. The molecule has 202 valence electrons. The third-order valence-corrected chi connectivity index (χ3v) is 7.11. The summed E-state index contributed by atoms with van der Waals surface area (Å²) >= 11 is 0. The van der Waals surface area contributed by atoms with Crippen molar-refractivity contribution in [2.24, 2.45) is 10.1 Å². The van der Waals surface area contributed by atoms with Crippen LogP contribution in [0.25, 0.3) is 0 Å². The average molecular weight is 538 g/mol. The van der Waals surface area contributed by atoms with E-state index < -0.39 is 21.7 Å². The molecule has 9 nitrogen and oxygen atoms in total. The minimum atomic E-state index is -3.75. The molecule has 1 heterocycles. The number of aliphatic imine (C=N–C) groups is 1. The van der Waals surface area contributed by atoms with Crippen molar-refractivity contribution < 1.29 is 18.0 Å². The van der Waals surface area contributed by atoms with Crippen LogP contribution < -0.4 is 10.5 Å². The molecule has 1 aliphatic rings. The number of rotatable bonds is 11. The van der Waals surface area contributed by atoms with Crippen molar-refractivity contribution in [3.63, 3.8) is 0 Å². The van der Waals surface area contributed by atoms with E-state index in [9.17, 15) is 18.0 Å². The van der Waals surface area contributed by atoms with Crippen LogP contribution in [0.5, 0.6) is 0 Å². The lowest BCUT2D eigenvalue weighted by atomic mass is 9.94. The van der Waals surface area contributed by atoms with Gasteiger partial charge in [-0.3, -0.25) is 19.5 Å². The first-order valence-electron chi connectivity index (χ1n) is 12.4. The number of allylic oxidation sites excluding steroid dienone is 1. The normalized spacial score (nSPS) is 16.8. The van der Waals surface area contributed by atoms with Gasteiger partial charge in [0.15, 0.2) is 0 Å². The van der Waals surface area contributed by atoms with E-state index in [1.165, 1.54) is 0 Å². The molecule has 10 heteroatoms. The van der Waals surface area contributed by atoms with Crippen LogP contribution in [0.15, 0.2) is 90.0 Å². The van der Waals surface area contributed by atoms with E-state index >= 15 is 0 Å². The molecule has 0 radical (unpaired) electrons. The summed E-state index contributed by atoms with van der Waals surface area (Å²) < 4.78 is 22.6. The van der Waals surface area contributed by atoms with E-state index in [4.69, 9.17) is 5.14 Å². The van der Waals surface area contributed by atoms with Crippen molar-refractivity contribution in [3.8, 4) is 0 Å². The van der Waals surface area contributed by atoms with Crippen LogP contribution in [-0.2, 0) is 19.6 Å². The van der Waals surface area contributed by atoms with E-state index in [1.807, 2.05) is 36.4 Å². The quantitative estimate of drug-likeness (QED) is 0.257. The summed E-state index contributed by atoms with van der Waals surface area (Å²) in [7, 11) is -2.10. The van der Waals surface area contributed by atoms with Gasteiger partial charge in [0.05, 0.1) is 11.8 Å². The first kappa shape index (κ1) is 29.0. The molecule has 1 fully saturated rings. The molecule has 0 bridgehead atoms. The molecule has 1 aliphatic heterocycles. The standard InChI is InChI=1S/C28H35N5O4S/c1-22(10-9-16-30-2)28(35)32-17-18-33(25(21-32)20-31-26(34)15-19-38(29,36)37)27(23-11-5-3-6-12-23)24-13-7-4-8-14-24/h3-14,16,25,27H,1,15,17-21H2,2H3,(H,31,34)(H2,29,36,37)/b10-9-,30-16-. The van der Waals surface area contributed by atoms with Gasteiger partial charge in [0.1, 0.15) is 0 Å². The Labute approximate surface area is 224 Å². The van der Waals surface area contributed by atoms with Gasteiger partial charge >= 0.3 is 0 Å². The largest absolute Gasteiger partial charge is 0.354 e. The van der Waals surface area contributed by atoms with Gasteiger partial charge in [-0.15, -0.1) is 0 Å². The summed E-state index contributed by atoms with van der Waals surface area (Å²) in [4.78, 5) is 33.5. The monoisotopic (exact) mass is 537 g/mol. The zero-order valence-corrected chi connectivity index (χ0v) is 22.4. The second kappa shape index (κ2) is 13.8. The van der Waals surface area contributed by atoms with Crippen LogP contribution >= 0.6 is 0 Å². The number of hydrogen-bond acceptors (Lipinski definition) is 6. The minimum absolute atomic E-state index is 0.107. The van der Waals surface area contributed by atoms with Gasteiger partial charge in [-0.2, -0.15) is 0 Å². The molecule has 2 amide bonds. The number of amides is 2. The van der Waals surface area contributed by atoms with Gasteiger partial charge in [0, 0.05) is 57.5 Å². The topological polar surface area (TPSA) is 125 Å². The van der Waals surface area contributed by atoms with Crippen molar-refractivity contribution in [2.45, 2.75) is 18.5 Å². The number of nitrogens with zero attached hydrogens (tertiary/aromatic N) is 3. The number of nitrogens with one attached hydrogen (secondary N) is 1. The van der Waals surface area contributed by atoms with Gasteiger partial charge in [0.25, 0.3) is 5.91 Å². The van der Waals surface area contributed by atoms with Gasteiger partial charge in [-0.05, 0) is 23.3 Å². The lowest BCUT2D eigenvalue weighted by molar-refractivity contribution is -0.130. The van der Waals surface area contributed by atoms with E-state index in [0.29, 0.717) is 25.2 Å². The highest BCUT2D eigenvalue weighted by atomic mass is 32.2. The lowest BCUT2D eigenvalue weighted by Crippen LogP contribution is -2.59. The molecule has 0 aliphatic carbocycles. The van der Waals surface area contributed by atoms with E-state index in [2.05, 4.69) is 46.1 Å². The molecule has 3 N–H and O–H groups in total. The van der Waals surface area contributed by atoms with Crippen LogP contribution in [0.1, 0.15) is 23.6 Å². The van der Waals surface area contributed by atoms with E-state index in [1.54, 1.807) is 30.3 Å². The molecule has 38 heavy (non-hydrogen) atoms. The van der Waals surface area contributed by atoms with Gasteiger partial charge < -0.3 is 10.2 Å². The number of benzene rings is 2. The van der Waals surface area contributed by atoms with Gasteiger partial charge in [0.2, 0.25) is 15.9 Å². The Morgan fingerprint density at radius 1 is 1.11 bits per heavy atom. The SMILES string of the molecule is C=C(/C=C\C=N/C)C(=O)N1CCN(C(c2ccccc2)c2ccccc2)C(CNC(=O)CCS(N)(=O)=O)C1.